The van der Waals surface area contributed by atoms with Crippen molar-refractivity contribution in [2.24, 2.45) is 0 Å². The van der Waals surface area contributed by atoms with E-state index in [9.17, 15) is 18.0 Å². The molecule has 0 bridgehead atoms. The van der Waals surface area contributed by atoms with Gasteiger partial charge in [0.05, 0.1) is 10.5 Å². The SMILES string of the molecule is CC(=O)COC(=O)c1cccc(S(=O)(=O)NCc2ccccc2)c1. The van der Waals surface area contributed by atoms with E-state index in [1.165, 1.54) is 31.2 Å². The highest BCUT2D eigenvalue weighted by Crippen LogP contribution is 2.13. The second kappa shape index (κ2) is 7.85. The minimum absolute atomic E-state index is 0.0456. The van der Waals surface area contributed by atoms with Crippen LogP contribution < -0.4 is 4.72 Å². The van der Waals surface area contributed by atoms with E-state index in [-0.39, 0.29) is 29.4 Å². The molecule has 0 aromatic heterocycles. The Balaban J connectivity index is 2.11. The molecule has 0 aliphatic rings. The summed E-state index contributed by atoms with van der Waals surface area (Å²) < 4.78 is 31.9. The molecule has 0 heterocycles. The fourth-order valence-corrected chi connectivity index (χ4v) is 2.96. The van der Waals surface area contributed by atoms with E-state index < -0.39 is 16.0 Å². The third-order valence-corrected chi connectivity index (χ3v) is 4.49. The molecule has 6 nitrogen and oxygen atoms in total. The standard InChI is InChI=1S/C17H17NO5S/c1-13(19)12-23-17(20)15-8-5-9-16(10-15)24(21,22)18-11-14-6-3-2-4-7-14/h2-10,18H,11-12H2,1H3. The van der Waals surface area contributed by atoms with Gasteiger partial charge in [-0.15, -0.1) is 0 Å². The minimum Gasteiger partial charge on any atom is -0.454 e. The maximum Gasteiger partial charge on any atom is 0.338 e. The Kier molecular flexibility index (Phi) is 5.83. The van der Waals surface area contributed by atoms with E-state index in [1.807, 2.05) is 18.2 Å². The van der Waals surface area contributed by atoms with Crippen molar-refractivity contribution in [3.05, 3.63) is 65.7 Å². The number of ether oxygens (including phenoxy) is 1. The number of benzene rings is 2. The summed E-state index contributed by atoms with van der Waals surface area (Å²) in [7, 11) is -3.77. The van der Waals surface area contributed by atoms with Crippen LogP contribution in [0.4, 0.5) is 0 Å². The van der Waals surface area contributed by atoms with E-state index in [2.05, 4.69) is 4.72 Å². The molecule has 24 heavy (non-hydrogen) atoms. The van der Waals surface area contributed by atoms with Gasteiger partial charge in [0, 0.05) is 6.54 Å². The van der Waals surface area contributed by atoms with E-state index in [0.717, 1.165) is 5.56 Å². The topological polar surface area (TPSA) is 89.5 Å². The number of hydrogen-bond donors (Lipinski definition) is 1. The average Bonchev–Trinajstić information content (AvgIpc) is 2.59. The van der Waals surface area contributed by atoms with Gasteiger partial charge in [-0.05, 0) is 30.7 Å². The van der Waals surface area contributed by atoms with Crippen LogP contribution in [0.5, 0.6) is 0 Å². The summed E-state index contributed by atoms with van der Waals surface area (Å²) in [6.07, 6.45) is 0. The highest BCUT2D eigenvalue weighted by molar-refractivity contribution is 7.89. The monoisotopic (exact) mass is 347 g/mol. The zero-order valence-electron chi connectivity index (χ0n) is 13.1. The number of ketones is 1. The molecule has 0 saturated carbocycles. The lowest BCUT2D eigenvalue weighted by molar-refractivity contribution is -0.120. The Morgan fingerprint density at radius 2 is 1.75 bits per heavy atom. The maximum atomic E-state index is 12.3. The Labute approximate surface area is 140 Å². The van der Waals surface area contributed by atoms with Crippen LogP contribution in [0.3, 0.4) is 0 Å². The molecule has 2 rings (SSSR count). The molecule has 0 fully saturated rings. The van der Waals surface area contributed by atoms with Crippen molar-refractivity contribution in [1.29, 1.82) is 0 Å². The summed E-state index contributed by atoms with van der Waals surface area (Å²) >= 11 is 0. The van der Waals surface area contributed by atoms with Crippen LogP contribution in [0, 0.1) is 0 Å². The first kappa shape index (κ1) is 17.8. The molecule has 0 atom stereocenters. The van der Waals surface area contributed by atoms with Gasteiger partial charge in [0.1, 0.15) is 6.61 Å². The van der Waals surface area contributed by atoms with Gasteiger partial charge in [0.15, 0.2) is 5.78 Å². The molecule has 0 amide bonds. The summed E-state index contributed by atoms with van der Waals surface area (Å²) in [6, 6.07) is 14.6. The van der Waals surface area contributed by atoms with Gasteiger partial charge in [-0.3, -0.25) is 4.79 Å². The first-order chi connectivity index (χ1) is 11.4. The lowest BCUT2D eigenvalue weighted by Gasteiger charge is -2.08. The number of esters is 1. The zero-order chi connectivity index (χ0) is 17.6. The molecule has 0 spiro atoms. The molecule has 0 unspecified atom stereocenters. The van der Waals surface area contributed by atoms with Crippen LogP contribution in [-0.2, 0) is 26.1 Å². The number of rotatable bonds is 7. The lowest BCUT2D eigenvalue weighted by Crippen LogP contribution is -2.23. The van der Waals surface area contributed by atoms with Gasteiger partial charge in [-0.25, -0.2) is 17.9 Å². The summed E-state index contributed by atoms with van der Waals surface area (Å²) in [5.41, 5.74) is 0.886. The van der Waals surface area contributed by atoms with Crippen molar-refractivity contribution >= 4 is 21.8 Å². The van der Waals surface area contributed by atoms with Crippen molar-refractivity contribution in [1.82, 2.24) is 4.72 Å². The van der Waals surface area contributed by atoms with E-state index in [0.29, 0.717) is 0 Å². The summed E-state index contributed by atoms with van der Waals surface area (Å²) in [4.78, 5) is 22.6. The predicted octanol–water partition coefficient (Wildman–Crippen LogP) is 1.91. The summed E-state index contributed by atoms with van der Waals surface area (Å²) in [6.45, 7) is 1.09. The Morgan fingerprint density at radius 1 is 1.04 bits per heavy atom. The largest absolute Gasteiger partial charge is 0.454 e. The molecule has 2 aromatic carbocycles. The average molecular weight is 347 g/mol. The Morgan fingerprint density at radius 3 is 2.42 bits per heavy atom. The number of hydrogen-bond acceptors (Lipinski definition) is 5. The number of sulfonamides is 1. The lowest BCUT2D eigenvalue weighted by atomic mass is 10.2. The molecule has 7 heteroatoms. The van der Waals surface area contributed by atoms with Crippen molar-refractivity contribution in [2.75, 3.05) is 6.61 Å². The van der Waals surface area contributed by atoms with E-state index in [1.54, 1.807) is 12.1 Å². The molecule has 2 aromatic rings. The van der Waals surface area contributed by atoms with E-state index in [4.69, 9.17) is 4.74 Å². The Bertz CT molecular complexity index is 831. The second-order valence-electron chi connectivity index (χ2n) is 5.12. The van der Waals surface area contributed by atoms with Crippen LogP contribution in [-0.4, -0.2) is 26.8 Å². The van der Waals surface area contributed by atoms with Crippen molar-refractivity contribution in [3.8, 4) is 0 Å². The first-order valence-corrected chi connectivity index (χ1v) is 8.67. The van der Waals surface area contributed by atoms with Crippen molar-refractivity contribution in [2.45, 2.75) is 18.4 Å². The second-order valence-corrected chi connectivity index (χ2v) is 6.88. The quantitative estimate of drug-likeness (QED) is 0.773. The molecule has 0 radical (unpaired) electrons. The smallest absolute Gasteiger partial charge is 0.338 e. The highest BCUT2D eigenvalue weighted by Gasteiger charge is 2.17. The number of carbonyl (C=O) groups is 2. The first-order valence-electron chi connectivity index (χ1n) is 7.19. The molecule has 0 saturated heterocycles. The molecule has 0 aliphatic carbocycles. The number of Topliss-reactive ketones (excluding diaryl/α,β-unsaturated/α-hetero) is 1. The van der Waals surface area contributed by atoms with Gasteiger partial charge < -0.3 is 4.74 Å². The Hall–Kier alpha value is -2.51. The molecular formula is C17H17NO5S. The van der Waals surface area contributed by atoms with Gasteiger partial charge in [-0.2, -0.15) is 0 Å². The molecular weight excluding hydrogens is 330 g/mol. The van der Waals surface area contributed by atoms with E-state index >= 15 is 0 Å². The molecule has 1 N–H and O–H groups in total. The van der Waals surface area contributed by atoms with Crippen molar-refractivity contribution < 1.29 is 22.7 Å². The highest BCUT2D eigenvalue weighted by atomic mass is 32.2. The minimum atomic E-state index is -3.77. The third kappa shape index (κ3) is 5.00. The summed E-state index contributed by atoms with van der Waals surface area (Å²) in [5.74, 6) is -1.04. The molecule has 126 valence electrons. The van der Waals surface area contributed by atoms with Gasteiger partial charge >= 0.3 is 5.97 Å². The van der Waals surface area contributed by atoms with Gasteiger partial charge in [0.25, 0.3) is 0 Å². The third-order valence-electron chi connectivity index (χ3n) is 3.10. The number of carbonyl (C=O) groups excluding carboxylic acids is 2. The van der Waals surface area contributed by atoms with Crippen molar-refractivity contribution in [3.63, 3.8) is 0 Å². The number of nitrogens with one attached hydrogen (secondary N) is 1. The maximum absolute atomic E-state index is 12.3. The van der Waals surface area contributed by atoms with Gasteiger partial charge in [0.2, 0.25) is 10.0 Å². The fourth-order valence-electron chi connectivity index (χ4n) is 1.90. The zero-order valence-corrected chi connectivity index (χ0v) is 13.9. The van der Waals surface area contributed by atoms with Gasteiger partial charge in [-0.1, -0.05) is 36.4 Å². The van der Waals surface area contributed by atoms with Crippen LogP contribution >= 0.6 is 0 Å². The fraction of sp³-hybridized carbons (Fsp3) is 0.176. The van der Waals surface area contributed by atoms with Crippen LogP contribution in [0.1, 0.15) is 22.8 Å². The molecule has 0 aliphatic heterocycles. The van der Waals surface area contributed by atoms with Crippen LogP contribution in [0.15, 0.2) is 59.5 Å². The van der Waals surface area contributed by atoms with Crippen LogP contribution in [0.25, 0.3) is 0 Å². The predicted molar refractivity (Wildman–Crippen MR) is 87.9 cm³/mol. The van der Waals surface area contributed by atoms with Crippen LogP contribution in [0.2, 0.25) is 0 Å². The normalized spacial score (nSPS) is 11.0. The summed E-state index contributed by atoms with van der Waals surface area (Å²) in [5, 5.41) is 0.